The highest BCUT2D eigenvalue weighted by Crippen LogP contribution is 2.21. The number of hydrazone groups is 1. The standard InChI is InChI=1S/C18H15N5O/c1-12-6-5-9-16(13(12)2)21-18(24)15-7-3-4-8-17(15)23-22-14(10-19)11-20/h3-9,23H,1-2H3,(H,21,24). The molecule has 0 saturated carbocycles. The minimum absolute atomic E-state index is 0.308. The molecule has 0 aromatic heterocycles. The smallest absolute Gasteiger partial charge is 0.257 e. The number of nitrogens with one attached hydrogen (secondary N) is 2. The molecular weight excluding hydrogens is 302 g/mol. The topological polar surface area (TPSA) is 101 Å². The lowest BCUT2D eigenvalue weighted by atomic mass is 10.1. The van der Waals surface area contributed by atoms with Gasteiger partial charge in [0, 0.05) is 5.69 Å². The molecule has 2 aromatic rings. The summed E-state index contributed by atoms with van der Waals surface area (Å²) in [6.07, 6.45) is 0. The number of para-hydroxylation sites is 1. The van der Waals surface area contributed by atoms with Crippen LogP contribution in [0.1, 0.15) is 21.5 Å². The molecule has 0 unspecified atom stereocenters. The van der Waals surface area contributed by atoms with Crippen LogP contribution >= 0.6 is 0 Å². The minimum Gasteiger partial charge on any atom is -0.322 e. The molecule has 0 aliphatic rings. The Bertz CT molecular complexity index is 871. The Morgan fingerprint density at radius 1 is 1.00 bits per heavy atom. The van der Waals surface area contributed by atoms with E-state index < -0.39 is 0 Å². The number of benzene rings is 2. The fraction of sp³-hybridized carbons (Fsp3) is 0.111. The van der Waals surface area contributed by atoms with E-state index in [1.165, 1.54) is 0 Å². The maximum absolute atomic E-state index is 12.6. The van der Waals surface area contributed by atoms with Crippen molar-refractivity contribution in [2.75, 3.05) is 10.7 Å². The molecule has 0 aliphatic heterocycles. The van der Waals surface area contributed by atoms with Crippen molar-refractivity contribution in [3.8, 4) is 12.1 Å². The summed E-state index contributed by atoms with van der Waals surface area (Å²) >= 11 is 0. The summed E-state index contributed by atoms with van der Waals surface area (Å²) in [6.45, 7) is 3.91. The van der Waals surface area contributed by atoms with Crippen LogP contribution in [0, 0.1) is 36.5 Å². The molecular formula is C18H15N5O. The third-order valence-corrected chi connectivity index (χ3v) is 3.52. The van der Waals surface area contributed by atoms with Crippen LogP contribution in [0.15, 0.2) is 47.6 Å². The highest BCUT2D eigenvalue weighted by molar-refractivity contribution is 6.11. The van der Waals surface area contributed by atoms with Crippen molar-refractivity contribution in [2.24, 2.45) is 5.10 Å². The van der Waals surface area contributed by atoms with E-state index in [1.54, 1.807) is 36.4 Å². The average Bonchev–Trinajstić information content (AvgIpc) is 2.60. The van der Waals surface area contributed by atoms with E-state index in [1.807, 2.05) is 32.0 Å². The third-order valence-electron chi connectivity index (χ3n) is 3.52. The molecule has 0 bridgehead atoms. The minimum atomic E-state index is -0.320. The summed E-state index contributed by atoms with van der Waals surface area (Å²) in [5, 5.41) is 24.0. The molecule has 2 rings (SSSR count). The summed E-state index contributed by atoms with van der Waals surface area (Å²) in [7, 11) is 0. The molecule has 0 saturated heterocycles. The van der Waals surface area contributed by atoms with Crippen molar-refractivity contribution in [2.45, 2.75) is 13.8 Å². The second kappa shape index (κ2) is 7.57. The molecule has 0 heterocycles. The van der Waals surface area contributed by atoms with Crippen LogP contribution < -0.4 is 10.7 Å². The average molecular weight is 317 g/mol. The zero-order valence-electron chi connectivity index (χ0n) is 13.3. The summed E-state index contributed by atoms with van der Waals surface area (Å²) < 4.78 is 0. The highest BCUT2D eigenvalue weighted by Gasteiger charge is 2.12. The van der Waals surface area contributed by atoms with E-state index in [2.05, 4.69) is 15.8 Å². The molecule has 118 valence electrons. The Morgan fingerprint density at radius 2 is 1.67 bits per heavy atom. The van der Waals surface area contributed by atoms with Crippen LogP contribution in [0.3, 0.4) is 0 Å². The van der Waals surface area contributed by atoms with Gasteiger partial charge in [-0.05, 0) is 43.2 Å². The lowest BCUT2D eigenvalue weighted by Crippen LogP contribution is -2.15. The number of carbonyl (C=O) groups excluding carboxylic acids is 1. The van der Waals surface area contributed by atoms with Crippen molar-refractivity contribution in [3.63, 3.8) is 0 Å². The number of anilines is 2. The van der Waals surface area contributed by atoms with E-state index in [-0.39, 0.29) is 11.6 Å². The number of amides is 1. The van der Waals surface area contributed by atoms with Gasteiger partial charge < -0.3 is 5.32 Å². The Labute approximate surface area is 140 Å². The van der Waals surface area contributed by atoms with Crippen molar-refractivity contribution >= 4 is 23.0 Å². The molecule has 2 aromatic carbocycles. The van der Waals surface area contributed by atoms with E-state index in [0.29, 0.717) is 11.3 Å². The third kappa shape index (κ3) is 3.76. The Hall–Kier alpha value is -3.64. The van der Waals surface area contributed by atoms with Gasteiger partial charge in [-0.25, -0.2) is 0 Å². The van der Waals surface area contributed by atoms with E-state index in [4.69, 9.17) is 10.5 Å². The molecule has 0 fully saturated rings. The lowest BCUT2D eigenvalue weighted by molar-refractivity contribution is 0.102. The van der Waals surface area contributed by atoms with Crippen LogP contribution in [0.2, 0.25) is 0 Å². The van der Waals surface area contributed by atoms with Gasteiger partial charge in [0.1, 0.15) is 12.1 Å². The predicted octanol–water partition coefficient (Wildman–Crippen LogP) is 3.37. The van der Waals surface area contributed by atoms with E-state index in [0.717, 1.165) is 16.8 Å². The Kier molecular flexibility index (Phi) is 5.28. The molecule has 1 amide bonds. The number of hydrogen-bond donors (Lipinski definition) is 2. The lowest BCUT2D eigenvalue weighted by Gasteiger charge is -2.12. The van der Waals surface area contributed by atoms with E-state index in [9.17, 15) is 4.79 Å². The first kappa shape index (κ1) is 16.7. The van der Waals surface area contributed by atoms with Gasteiger partial charge in [0.2, 0.25) is 5.71 Å². The van der Waals surface area contributed by atoms with Crippen LogP contribution in [0.5, 0.6) is 0 Å². The zero-order chi connectivity index (χ0) is 17.5. The second-order valence-electron chi connectivity index (χ2n) is 5.04. The maximum atomic E-state index is 12.6. The molecule has 6 nitrogen and oxygen atoms in total. The van der Waals surface area contributed by atoms with Gasteiger partial charge in [-0.15, -0.1) is 0 Å². The van der Waals surface area contributed by atoms with Crippen molar-refractivity contribution in [1.82, 2.24) is 0 Å². The van der Waals surface area contributed by atoms with Gasteiger partial charge in [0.15, 0.2) is 0 Å². The van der Waals surface area contributed by atoms with Gasteiger partial charge in [-0.3, -0.25) is 10.2 Å². The molecule has 0 spiro atoms. The van der Waals surface area contributed by atoms with Gasteiger partial charge in [-0.2, -0.15) is 15.6 Å². The van der Waals surface area contributed by atoms with Gasteiger partial charge >= 0.3 is 0 Å². The number of nitrogens with zero attached hydrogens (tertiary/aromatic N) is 3. The van der Waals surface area contributed by atoms with Crippen LogP contribution in [0.4, 0.5) is 11.4 Å². The van der Waals surface area contributed by atoms with Crippen molar-refractivity contribution in [3.05, 3.63) is 59.2 Å². The first-order valence-corrected chi connectivity index (χ1v) is 7.17. The highest BCUT2D eigenvalue weighted by atomic mass is 16.1. The van der Waals surface area contributed by atoms with Crippen LogP contribution in [0.25, 0.3) is 0 Å². The number of carbonyl (C=O) groups is 1. The van der Waals surface area contributed by atoms with Crippen LogP contribution in [-0.2, 0) is 0 Å². The zero-order valence-corrected chi connectivity index (χ0v) is 13.3. The van der Waals surface area contributed by atoms with Gasteiger partial charge in [0.05, 0.1) is 11.3 Å². The Morgan fingerprint density at radius 3 is 2.38 bits per heavy atom. The predicted molar refractivity (Wildman–Crippen MR) is 92.6 cm³/mol. The van der Waals surface area contributed by atoms with Crippen molar-refractivity contribution < 1.29 is 4.79 Å². The van der Waals surface area contributed by atoms with Gasteiger partial charge in [-0.1, -0.05) is 24.3 Å². The number of aryl methyl sites for hydroxylation is 1. The number of nitriles is 2. The Balaban J connectivity index is 2.28. The normalized spacial score (nSPS) is 9.33. The monoisotopic (exact) mass is 317 g/mol. The van der Waals surface area contributed by atoms with Gasteiger partial charge in [0.25, 0.3) is 5.91 Å². The summed E-state index contributed by atoms with van der Waals surface area (Å²) in [6, 6.07) is 15.7. The molecule has 2 N–H and O–H groups in total. The molecule has 0 aliphatic carbocycles. The van der Waals surface area contributed by atoms with Crippen LogP contribution in [-0.4, -0.2) is 11.6 Å². The number of rotatable bonds is 4. The summed E-state index contributed by atoms with van der Waals surface area (Å²) in [5.74, 6) is -0.308. The first-order valence-electron chi connectivity index (χ1n) is 7.17. The first-order chi connectivity index (χ1) is 11.6. The fourth-order valence-electron chi connectivity index (χ4n) is 2.05. The van der Waals surface area contributed by atoms with E-state index >= 15 is 0 Å². The molecule has 0 radical (unpaired) electrons. The molecule has 6 heteroatoms. The summed E-state index contributed by atoms with van der Waals surface area (Å²) in [5.41, 5.74) is 5.84. The largest absolute Gasteiger partial charge is 0.322 e. The second-order valence-corrected chi connectivity index (χ2v) is 5.04. The molecule has 24 heavy (non-hydrogen) atoms. The quantitative estimate of drug-likeness (QED) is 0.666. The fourth-order valence-corrected chi connectivity index (χ4v) is 2.05. The number of hydrogen-bond acceptors (Lipinski definition) is 5. The maximum Gasteiger partial charge on any atom is 0.257 e. The SMILES string of the molecule is Cc1cccc(NC(=O)c2ccccc2NN=C(C#N)C#N)c1C. The summed E-state index contributed by atoms with van der Waals surface area (Å²) in [4.78, 5) is 12.6. The van der Waals surface area contributed by atoms with Crippen molar-refractivity contribution in [1.29, 1.82) is 10.5 Å². The molecule has 0 atom stereocenters.